The standard InChI is InChI=1S/C12H11N7O2/c1-17-7-9(18(2)12(17)20)15-11(13)19-10(7)14-8(16-19)6-4-3-5-21-6/h3-5H,1-2H3,(H2,13,15). The van der Waals surface area contributed by atoms with Crippen LogP contribution in [-0.4, -0.2) is 28.7 Å². The van der Waals surface area contributed by atoms with E-state index in [4.69, 9.17) is 10.2 Å². The highest BCUT2D eigenvalue weighted by atomic mass is 16.3. The molecule has 0 fully saturated rings. The van der Waals surface area contributed by atoms with E-state index in [9.17, 15) is 4.79 Å². The number of furan rings is 1. The molecular weight excluding hydrogens is 274 g/mol. The van der Waals surface area contributed by atoms with Gasteiger partial charge in [-0.3, -0.25) is 9.13 Å². The van der Waals surface area contributed by atoms with E-state index in [2.05, 4.69) is 15.1 Å². The molecule has 0 aliphatic heterocycles. The molecule has 9 nitrogen and oxygen atoms in total. The van der Waals surface area contributed by atoms with Gasteiger partial charge in [0.15, 0.2) is 17.1 Å². The third-order valence-electron chi connectivity index (χ3n) is 3.44. The van der Waals surface area contributed by atoms with E-state index in [0.29, 0.717) is 28.4 Å². The quantitative estimate of drug-likeness (QED) is 0.533. The van der Waals surface area contributed by atoms with E-state index >= 15 is 0 Å². The Morgan fingerprint density at radius 1 is 1.19 bits per heavy atom. The van der Waals surface area contributed by atoms with Gasteiger partial charge in [0.05, 0.1) is 6.26 Å². The van der Waals surface area contributed by atoms with Gasteiger partial charge in [0, 0.05) is 14.1 Å². The number of imidazole rings is 1. The fraction of sp³-hybridized carbons (Fsp3) is 0.167. The summed E-state index contributed by atoms with van der Waals surface area (Å²) < 4.78 is 9.58. The summed E-state index contributed by atoms with van der Waals surface area (Å²) in [4.78, 5) is 20.7. The van der Waals surface area contributed by atoms with Crippen LogP contribution in [0.25, 0.3) is 28.4 Å². The van der Waals surface area contributed by atoms with Crippen LogP contribution < -0.4 is 11.4 Å². The van der Waals surface area contributed by atoms with Crippen molar-refractivity contribution in [3.63, 3.8) is 0 Å². The monoisotopic (exact) mass is 285 g/mol. The molecule has 4 rings (SSSR count). The van der Waals surface area contributed by atoms with Crippen molar-refractivity contribution in [1.29, 1.82) is 0 Å². The van der Waals surface area contributed by atoms with Crippen molar-refractivity contribution in [2.75, 3.05) is 5.73 Å². The van der Waals surface area contributed by atoms with Gasteiger partial charge in [-0.2, -0.15) is 9.50 Å². The SMILES string of the molecule is Cn1c(=O)n(C)c2c1nc(N)n1nc(-c3ccco3)nc21. The van der Waals surface area contributed by atoms with Crippen molar-refractivity contribution < 1.29 is 4.42 Å². The minimum Gasteiger partial charge on any atom is -0.461 e. The molecular formula is C12H11N7O2. The van der Waals surface area contributed by atoms with E-state index in [1.165, 1.54) is 19.9 Å². The Morgan fingerprint density at radius 3 is 2.71 bits per heavy atom. The second-order valence-electron chi connectivity index (χ2n) is 4.69. The molecule has 0 unspecified atom stereocenters. The molecule has 0 aliphatic rings. The Bertz CT molecular complexity index is 1040. The molecule has 0 spiro atoms. The Balaban J connectivity index is 2.20. The first kappa shape index (κ1) is 11.7. The van der Waals surface area contributed by atoms with Crippen molar-refractivity contribution in [3.8, 4) is 11.6 Å². The van der Waals surface area contributed by atoms with Crippen LogP contribution in [0.4, 0.5) is 5.95 Å². The number of nitrogen functional groups attached to an aromatic ring is 1. The van der Waals surface area contributed by atoms with Crippen LogP contribution in [0, 0.1) is 0 Å². The van der Waals surface area contributed by atoms with Crippen LogP contribution in [-0.2, 0) is 14.1 Å². The number of hydrogen-bond acceptors (Lipinski definition) is 6. The van der Waals surface area contributed by atoms with Crippen LogP contribution in [0.1, 0.15) is 0 Å². The summed E-state index contributed by atoms with van der Waals surface area (Å²) in [5, 5.41) is 4.28. The number of nitrogens with two attached hydrogens (primary N) is 1. The maximum Gasteiger partial charge on any atom is 0.329 e. The lowest BCUT2D eigenvalue weighted by molar-refractivity contribution is 0.577. The number of aromatic nitrogens is 6. The summed E-state index contributed by atoms with van der Waals surface area (Å²) in [6.07, 6.45) is 1.54. The van der Waals surface area contributed by atoms with Gasteiger partial charge in [0.2, 0.25) is 11.8 Å². The van der Waals surface area contributed by atoms with Gasteiger partial charge in [0.25, 0.3) is 0 Å². The van der Waals surface area contributed by atoms with Gasteiger partial charge < -0.3 is 10.2 Å². The molecule has 2 N–H and O–H groups in total. The summed E-state index contributed by atoms with van der Waals surface area (Å²) >= 11 is 0. The Labute approximate surface area is 117 Å². The predicted octanol–water partition coefficient (Wildman–Crippen LogP) is 0.157. The summed E-state index contributed by atoms with van der Waals surface area (Å²) in [7, 11) is 3.29. The number of rotatable bonds is 1. The van der Waals surface area contributed by atoms with E-state index in [0.717, 1.165) is 0 Å². The summed E-state index contributed by atoms with van der Waals surface area (Å²) in [5.74, 6) is 1.06. The maximum atomic E-state index is 12.0. The van der Waals surface area contributed by atoms with Gasteiger partial charge in [-0.25, -0.2) is 9.78 Å². The van der Waals surface area contributed by atoms with Gasteiger partial charge >= 0.3 is 5.69 Å². The molecule has 0 aromatic carbocycles. The summed E-state index contributed by atoms with van der Waals surface area (Å²) in [6.45, 7) is 0. The molecule has 0 aliphatic carbocycles. The van der Waals surface area contributed by atoms with E-state index in [1.807, 2.05) is 0 Å². The lowest BCUT2D eigenvalue weighted by atomic mass is 10.4. The lowest BCUT2D eigenvalue weighted by Gasteiger charge is -1.99. The lowest BCUT2D eigenvalue weighted by Crippen LogP contribution is -2.19. The zero-order valence-electron chi connectivity index (χ0n) is 11.3. The van der Waals surface area contributed by atoms with E-state index < -0.39 is 0 Å². The van der Waals surface area contributed by atoms with Gasteiger partial charge in [-0.15, -0.1) is 5.10 Å². The molecule has 21 heavy (non-hydrogen) atoms. The second kappa shape index (κ2) is 3.72. The zero-order valence-corrected chi connectivity index (χ0v) is 11.3. The van der Waals surface area contributed by atoms with Crippen LogP contribution in [0.3, 0.4) is 0 Å². The largest absolute Gasteiger partial charge is 0.461 e. The predicted molar refractivity (Wildman–Crippen MR) is 74.6 cm³/mol. The molecule has 0 bridgehead atoms. The Kier molecular flexibility index (Phi) is 2.07. The maximum absolute atomic E-state index is 12.0. The van der Waals surface area contributed by atoms with Crippen molar-refractivity contribution in [2.45, 2.75) is 0 Å². The van der Waals surface area contributed by atoms with Crippen LogP contribution in [0.2, 0.25) is 0 Å². The zero-order chi connectivity index (χ0) is 14.7. The highest BCUT2D eigenvalue weighted by Gasteiger charge is 2.19. The number of fused-ring (bicyclic) bond motifs is 3. The van der Waals surface area contributed by atoms with E-state index in [1.54, 1.807) is 26.2 Å². The van der Waals surface area contributed by atoms with Crippen molar-refractivity contribution in [3.05, 3.63) is 28.9 Å². The molecule has 0 saturated carbocycles. The third kappa shape index (κ3) is 1.39. The van der Waals surface area contributed by atoms with Crippen molar-refractivity contribution >= 4 is 22.8 Å². The molecule has 106 valence electrons. The molecule has 4 heterocycles. The van der Waals surface area contributed by atoms with Crippen molar-refractivity contribution in [1.82, 2.24) is 28.7 Å². The first-order valence-electron chi connectivity index (χ1n) is 6.19. The highest BCUT2D eigenvalue weighted by molar-refractivity contribution is 5.87. The van der Waals surface area contributed by atoms with Gasteiger partial charge in [-0.1, -0.05) is 0 Å². The van der Waals surface area contributed by atoms with Gasteiger partial charge in [-0.05, 0) is 12.1 Å². The van der Waals surface area contributed by atoms with Gasteiger partial charge in [0.1, 0.15) is 5.52 Å². The third-order valence-corrected chi connectivity index (χ3v) is 3.44. The number of aryl methyl sites for hydroxylation is 2. The highest BCUT2D eigenvalue weighted by Crippen LogP contribution is 2.22. The first-order chi connectivity index (χ1) is 10.1. The van der Waals surface area contributed by atoms with Crippen LogP contribution in [0.15, 0.2) is 27.6 Å². The smallest absolute Gasteiger partial charge is 0.329 e. The average Bonchev–Trinajstić information content (AvgIpc) is 3.16. The summed E-state index contributed by atoms with van der Waals surface area (Å²) in [6, 6.07) is 3.50. The molecule has 0 radical (unpaired) electrons. The number of hydrogen-bond donors (Lipinski definition) is 1. The number of anilines is 1. The Hall–Kier alpha value is -3.10. The first-order valence-corrected chi connectivity index (χ1v) is 6.19. The second-order valence-corrected chi connectivity index (χ2v) is 4.69. The fourth-order valence-electron chi connectivity index (χ4n) is 2.39. The van der Waals surface area contributed by atoms with E-state index in [-0.39, 0.29) is 11.6 Å². The summed E-state index contributed by atoms with van der Waals surface area (Å²) in [5.41, 5.74) is 7.21. The normalized spacial score (nSPS) is 11.7. The van der Waals surface area contributed by atoms with Crippen LogP contribution >= 0.6 is 0 Å². The van der Waals surface area contributed by atoms with Crippen LogP contribution in [0.5, 0.6) is 0 Å². The molecule has 0 amide bonds. The molecule has 0 atom stereocenters. The number of nitrogens with zero attached hydrogens (tertiary/aromatic N) is 6. The minimum atomic E-state index is -0.201. The molecule has 4 aromatic rings. The fourth-order valence-corrected chi connectivity index (χ4v) is 2.39. The average molecular weight is 285 g/mol. The molecule has 9 heteroatoms. The topological polar surface area (TPSA) is 109 Å². The molecule has 4 aromatic heterocycles. The Morgan fingerprint density at radius 2 is 2.00 bits per heavy atom. The molecule has 0 saturated heterocycles. The van der Waals surface area contributed by atoms with Crippen molar-refractivity contribution in [2.24, 2.45) is 14.1 Å². The minimum absolute atomic E-state index is 0.156.